The molecule has 3 rings (SSSR count). The molecule has 2 heterocycles. The molecule has 0 radical (unpaired) electrons. The lowest BCUT2D eigenvalue weighted by molar-refractivity contribution is 0.0462. The molecule has 0 fully saturated rings. The van der Waals surface area contributed by atoms with Crippen LogP contribution in [0.2, 0.25) is 0 Å². The Morgan fingerprint density at radius 3 is 2.75 bits per heavy atom. The van der Waals surface area contributed by atoms with Gasteiger partial charge in [-0.25, -0.2) is 18.6 Å². The third-order valence-electron chi connectivity index (χ3n) is 3.18. The molecule has 5 nitrogen and oxygen atoms in total. The SMILES string of the molecule is O=C(OCc1cc(=O)n2cc(Br)ccc2n1)c1ccc(F)cc1F. The van der Waals surface area contributed by atoms with E-state index in [1.807, 2.05) is 0 Å². The Hall–Kier alpha value is -2.61. The first-order valence-electron chi connectivity index (χ1n) is 6.74. The number of pyridine rings is 1. The molecule has 0 unspecified atom stereocenters. The van der Waals surface area contributed by atoms with Gasteiger partial charge in [0, 0.05) is 22.8 Å². The van der Waals surface area contributed by atoms with Crippen molar-refractivity contribution in [2.75, 3.05) is 0 Å². The van der Waals surface area contributed by atoms with Crippen LogP contribution in [0.25, 0.3) is 5.65 Å². The van der Waals surface area contributed by atoms with E-state index in [0.717, 1.165) is 12.1 Å². The molecule has 0 amide bonds. The van der Waals surface area contributed by atoms with E-state index in [9.17, 15) is 18.4 Å². The van der Waals surface area contributed by atoms with Crippen molar-refractivity contribution in [3.8, 4) is 0 Å². The number of carbonyl (C=O) groups excluding carboxylic acids is 1. The molecular weight excluding hydrogens is 386 g/mol. The molecule has 0 spiro atoms. The summed E-state index contributed by atoms with van der Waals surface area (Å²) in [6, 6.07) is 7.09. The van der Waals surface area contributed by atoms with Crippen LogP contribution in [0.15, 0.2) is 51.9 Å². The van der Waals surface area contributed by atoms with E-state index in [4.69, 9.17) is 4.74 Å². The molecule has 0 N–H and O–H groups in total. The second-order valence-electron chi connectivity index (χ2n) is 4.86. The lowest BCUT2D eigenvalue weighted by Gasteiger charge is -2.07. The van der Waals surface area contributed by atoms with Gasteiger partial charge in [-0.3, -0.25) is 9.20 Å². The molecule has 122 valence electrons. The van der Waals surface area contributed by atoms with Gasteiger partial charge >= 0.3 is 5.97 Å². The first kappa shape index (κ1) is 16.3. The number of ether oxygens (including phenoxy) is 1. The van der Waals surface area contributed by atoms with Gasteiger partial charge in [-0.2, -0.15) is 0 Å². The number of esters is 1. The highest BCUT2D eigenvalue weighted by atomic mass is 79.9. The summed E-state index contributed by atoms with van der Waals surface area (Å²) >= 11 is 3.25. The van der Waals surface area contributed by atoms with Crippen LogP contribution in [0.1, 0.15) is 16.1 Å². The van der Waals surface area contributed by atoms with Crippen LogP contribution in [-0.2, 0) is 11.3 Å². The fourth-order valence-electron chi connectivity index (χ4n) is 2.07. The summed E-state index contributed by atoms with van der Waals surface area (Å²) in [6.45, 7) is -0.308. The molecule has 0 aliphatic heterocycles. The maximum Gasteiger partial charge on any atom is 0.341 e. The predicted octanol–water partition coefficient (Wildman–Crippen LogP) is 3.09. The van der Waals surface area contributed by atoms with Crippen molar-refractivity contribution < 1.29 is 18.3 Å². The van der Waals surface area contributed by atoms with Crippen molar-refractivity contribution in [3.05, 3.63) is 80.3 Å². The normalized spacial score (nSPS) is 10.8. The Morgan fingerprint density at radius 2 is 2.00 bits per heavy atom. The van der Waals surface area contributed by atoms with Crippen LogP contribution in [0.3, 0.4) is 0 Å². The van der Waals surface area contributed by atoms with Gasteiger partial charge in [-0.15, -0.1) is 0 Å². The minimum absolute atomic E-state index is 0.221. The zero-order chi connectivity index (χ0) is 17.3. The zero-order valence-corrected chi connectivity index (χ0v) is 13.6. The highest BCUT2D eigenvalue weighted by Crippen LogP contribution is 2.13. The van der Waals surface area contributed by atoms with Crippen molar-refractivity contribution in [1.82, 2.24) is 9.38 Å². The van der Waals surface area contributed by atoms with E-state index in [2.05, 4.69) is 20.9 Å². The fraction of sp³-hybridized carbons (Fsp3) is 0.0625. The van der Waals surface area contributed by atoms with Gasteiger partial charge in [0.1, 0.15) is 23.9 Å². The van der Waals surface area contributed by atoms with Crippen molar-refractivity contribution in [3.63, 3.8) is 0 Å². The Morgan fingerprint density at radius 1 is 1.21 bits per heavy atom. The van der Waals surface area contributed by atoms with Gasteiger partial charge in [0.2, 0.25) is 0 Å². The summed E-state index contributed by atoms with van der Waals surface area (Å²) in [5.74, 6) is -2.78. The van der Waals surface area contributed by atoms with E-state index >= 15 is 0 Å². The van der Waals surface area contributed by atoms with E-state index in [-0.39, 0.29) is 17.9 Å². The topological polar surface area (TPSA) is 60.7 Å². The van der Waals surface area contributed by atoms with Crippen molar-refractivity contribution in [2.45, 2.75) is 6.61 Å². The van der Waals surface area contributed by atoms with E-state index in [0.29, 0.717) is 16.2 Å². The number of nitrogens with zero attached hydrogens (tertiary/aromatic N) is 2. The molecule has 0 aliphatic carbocycles. The van der Waals surface area contributed by atoms with E-state index in [1.165, 1.54) is 10.5 Å². The van der Waals surface area contributed by atoms with Crippen LogP contribution >= 0.6 is 15.9 Å². The number of aromatic nitrogens is 2. The predicted molar refractivity (Wildman–Crippen MR) is 84.6 cm³/mol. The fourth-order valence-corrected chi connectivity index (χ4v) is 2.41. The second kappa shape index (κ2) is 6.48. The highest BCUT2D eigenvalue weighted by Gasteiger charge is 2.14. The molecular formula is C16H9BrF2N2O3. The van der Waals surface area contributed by atoms with Crippen LogP contribution in [0, 0.1) is 11.6 Å². The van der Waals surface area contributed by atoms with Crippen molar-refractivity contribution >= 4 is 27.5 Å². The van der Waals surface area contributed by atoms with Crippen molar-refractivity contribution in [2.24, 2.45) is 0 Å². The van der Waals surface area contributed by atoms with Gasteiger partial charge in [0.25, 0.3) is 5.56 Å². The van der Waals surface area contributed by atoms with Gasteiger partial charge in [-0.05, 0) is 40.2 Å². The molecule has 0 atom stereocenters. The average Bonchev–Trinajstić information content (AvgIpc) is 2.53. The standard InChI is InChI=1S/C16H9BrF2N2O3/c17-9-1-4-14-20-11(6-15(22)21(14)7-9)8-24-16(23)12-3-2-10(18)5-13(12)19/h1-7H,8H2. The number of fused-ring (bicyclic) bond motifs is 1. The minimum Gasteiger partial charge on any atom is -0.455 e. The number of hydrogen-bond donors (Lipinski definition) is 0. The molecule has 8 heteroatoms. The summed E-state index contributed by atoms with van der Waals surface area (Å²) in [5.41, 5.74) is -0.138. The minimum atomic E-state index is -1.02. The quantitative estimate of drug-likeness (QED) is 0.640. The molecule has 3 aromatic rings. The lowest BCUT2D eigenvalue weighted by Crippen LogP contribution is -2.17. The largest absolute Gasteiger partial charge is 0.455 e. The lowest BCUT2D eigenvalue weighted by atomic mass is 10.2. The van der Waals surface area contributed by atoms with E-state index < -0.39 is 23.2 Å². The Labute approximate surface area is 142 Å². The second-order valence-corrected chi connectivity index (χ2v) is 5.78. The molecule has 0 saturated carbocycles. The smallest absolute Gasteiger partial charge is 0.341 e. The third kappa shape index (κ3) is 3.33. The molecule has 2 aromatic heterocycles. The van der Waals surface area contributed by atoms with Gasteiger partial charge < -0.3 is 4.74 Å². The van der Waals surface area contributed by atoms with Gasteiger partial charge in [0.05, 0.1) is 11.3 Å². The number of carbonyl (C=O) groups is 1. The summed E-state index contributed by atoms with van der Waals surface area (Å²) in [5, 5.41) is 0. The van der Waals surface area contributed by atoms with Gasteiger partial charge in [0.15, 0.2) is 0 Å². The summed E-state index contributed by atoms with van der Waals surface area (Å²) in [4.78, 5) is 28.0. The Bertz CT molecular complexity index is 1000. The van der Waals surface area contributed by atoms with Gasteiger partial charge in [-0.1, -0.05) is 0 Å². The number of hydrogen-bond acceptors (Lipinski definition) is 4. The molecule has 1 aromatic carbocycles. The van der Waals surface area contributed by atoms with Crippen LogP contribution < -0.4 is 5.56 Å². The van der Waals surface area contributed by atoms with Crippen LogP contribution in [-0.4, -0.2) is 15.4 Å². The first-order valence-corrected chi connectivity index (χ1v) is 7.53. The highest BCUT2D eigenvalue weighted by molar-refractivity contribution is 9.10. The third-order valence-corrected chi connectivity index (χ3v) is 3.65. The van der Waals surface area contributed by atoms with Crippen LogP contribution in [0.5, 0.6) is 0 Å². The number of benzene rings is 1. The van der Waals surface area contributed by atoms with Crippen LogP contribution in [0.4, 0.5) is 8.78 Å². The summed E-state index contributed by atoms with van der Waals surface area (Å²) in [7, 11) is 0. The summed E-state index contributed by atoms with van der Waals surface area (Å²) in [6.07, 6.45) is 1.56. The number of halogens is 3. The van der Waals surface area contributed by atoms with E-state index in [1.54, 1.807) is 18.3 Å². The zero-order valence-electron chi connectivity index (χ0n) is 12.0. The maximum atomic E-state index is 13.5. The molecule has 0 bridgehead atoms. The Kier molecular flexibility index (Phi) is 4.39. The summed E-state index contributed by atoms with van der Waals surface area (Å²) < 4.78 is 33.3. The molecule has 24 heavy (non-hydrogen) atoms. The Balaban J connectivity index is 1.81. The maximum absolute atomic E-state index is 13.5. The first-order chi connectivity index (χ1) is 11.4. The number of rotatable bonds is 3. The van der Waals surface area contributed by atoms with Crippen molar-refractivity contribution in [1.29, 1.82) is 0 Å². The average molecular weight is 395 g/mol. The monoisotopic (exact) mass is 394 g/mol. The molecule has 0 saturated heterocycles. The molecule has 0 aliphatic rings.